The van der Waals surface area contributed by atoms with Gasteiger partial charge in [-0.2, -0.15) is 0 Å². The molecule has 0 spiro atoms. The highest BCUT2D eigenvalue weighted by Crippen LogP contribution is 2.74. The van der Waals surface area contributed by atoms with Crippen LogP contribution >= 0.6 is 0 Å². The van der Waals surface area contributed by atoms with Crippen LogP contribution in [0.15, 0.2) is 187 Å². The normalized spacial score (nSPS) is 19.3. The van der Waals surface area contributed by atoms with Gasteiger partial charge >= 0.3 is 0 Å². The highest BCUT2D eigenvalue weighted by molar-refractivity contribution is 6.21. The van der Waals surface area contributed by atoms with Crippen LogP contribution in [0.1, 0.15) is 59.7 Å². The molecule has 11 rings (SSSR count). The summed E-state index contributed by atoms with van der Waals surface area (Å²) >= 11 is 0. The van der Waals surface area contributed by atoms with Gasteiger partial charge in [-0.15, -0.1) is 0 Å². The van der Waals surface area contributed by atoms with Gasteiger partial charge in [0.2, 0.25) is 0 Å². The average Bonchev–Trinajstić information content (AvgIpc) is 3.76. The van der Waals surface area contributed by atoms with Crippen LogP contribution in [0.4, 0.5) is 0 Å². The van der Waals surface area contributed by atoms with E-state index in [1.165, 1.54) is 93.6 Å². The Labute approximate surface area is 305 Å². The van der Waals surface area contributed by atoms with E-state index in [9.17, 15) is 0 Å². The summed E-state index contributed by atoms with van der Waals surface area (Å²) in [4.78, 5) is 0. The Hall–Kier alpha value is -5.98. The van der Waals surface area contributed by atoms with E-state index >= 15 is 0 Å². The molecular formula is C52H38. The highest BCUT2D eigenvalue weighted by atomic mass is 14.6. The summed E-state index contributed by atoms with van der Waals surface area (Å²) in [6, 6.07) is 66.3. The molecule has 0 amide bonds. The third kappa shape index (κ3) is 3.48. The Morgan fingerprint density at radius 2 is 0.885 bits per heavy atom. The fourth-order valence-corrected chi connectivity index (χ4v) is 11.3. The molecule has 8 aromatic carbocycles. The molecule has 0 saturated carbocycles. The predicted octanol–water partition coefficient (Wildman–Crippen LogP) is 13.1. The summed E-state index contributed by atoms with van der Waals surface area (Å²) in [6.07, 6.45) is 0. The number of hydrogen-bond acceptors (Lipinski definition) is 0. The zero-order chi connectivity index (χ0) is 34.8. The minimum atomic E-state index is -0.449. The molecule has 3 aliphatic carbocycles. The molecule has 0 radical (unpaired) electrons. The van der Waals surface area contributed by atoms with Crippen molar-refractivity contribution in [1.29, 1.82) is 0 Å². The van der Waals surface area contributed by atoms with Gasteiger partial charge in [-0.25, -0.2) is 0 Å². The lowest BCUT2D eigenvalue weighted by atomic mass is 9.55. The second-order valence-electron chi connectivity index (χ2n) is 15.7. The Morgan fingerprint density at radius 1 is 0.365 bits per heavy atom. The molecule has 8 aromatic rings. The molecule has 0 N–H and O–H groups in total. The average molecular weight is 663 g/mol. The van der Waals surface area contributed by atoms with Crippen molar-refractivity contribution in [1.82, 2.24) is 0 Å². The van der Waals surface area contributed by atoms with Gasteiger partial charge in [0.1, 0.15) is 0 Å². The van der Waals surface area contributed by atoms with E-state index in [4.69, 9.17) is 0 Å². The maximum Gasteiger partial charge on any atom is 0.0685 e. The molecule has 0 nitrogen and oxygen atoms in total. The van der Waals surface area contributed by atoms with Crippen LogP contribution in [0, 0.1) is 5.41 Å². The molecule has 0 saturated heterocycles. The minimum Gasteiger partial charge on any atom is -0.0622 e. The van der Waals surface area contributed by atoms with E-state index in [0.29, 0.717) is 0 Å². The summed E-state index contributed by atoms with van der Waals surface area (Å²) in [5.74, 6) is 0. The van der Waals surface area contributed by atoms with Gasteiger partial charge in [0, 0.05) is 10.8 Å². The highest BCUT2D eigenvalue weighted by Gasteiger charge is 2.63. The van der Waals surface area contributed by atoms with Crippen LogP contribution < -0.4 is 0 Å². The van der Waals surface area contributed by atoms with E-state index < -0.39 is 10.8 Å². The van der Waals surface area contributed by atoms with Crippen molar-refractivity contribution < 1.29 is 0 Å². The molecule has 3 aliphatic rings. The zero-order valence-corrected chi connectivity index (χ0v) is 29.7. The summed E-state index contributed by atoms with van der Waals surface area (Å²) in [5.41, 5.74) is 14.3. The minimum absolute atomic E-state index is 0.316. The van der Waals surface area contributed by atoms with Crippen molar-refractivity contribution in [2.75, 3.05) is 0 Å². The molecule has 0 bridgehead atoms. The fraction of sp³-hybridized carbons (Fsp3) is 0.115. The molecule has 1 unspecified atom stereocenters. The van der Waals surface area contributed by atoms with Crippen LogP contribution in [-0.2, 0) is 10.8 Å². The van der Waals surface area contributed by atoms with Gasteiger partial charge in [-0.1, -0.05) is 184 Å². The molecule has 0 aromatic heterocycles. The van der Waals surface area contributed by atoms with Crippen LogP contribution in [0.2, 0.25) is 0 Å². The third-order valence-corrected chi connectivity index (χ3v) is 12.9. The van der Waals surface area contributed by atoms with Crippen molar-refractivity contribution in [2.45, 2.75) is 31.6 Å². The standard InChI is InChI=1S/C52H38/c1-50(2)48-45(46-41-27-15-17-29-44(41)52(49(46)50,35-20-6-4-7-21-35)36-22-8-5-9-23-36)40-26-14-16-28-43(40)51(48,3)47-38-25-13-11-19-34(38)32-42-37-24-12-10-18-33(37)30-31-39(42)47/h4-32H,1-3H3. The van der Waals surface area contributed by atoms with Crippen LogP contribution in [0.5, 0.6) is 0 Å². The summed E-state index contributed by atoms with van der Waals surface area (Å²) in [7, 11) is 0. The summed E-state index contributed by atoms with van der Waals surface area (Å²) < 4.78 is 0. The number of allylic oxidation sites excluding steroid dienone is 4. The number of hydrogen-bond donors (Lipinski definition) is 0. The van der Waals surface area contributed by atoms with Gasteiger partial charge in [0.15, 0.2) is 0 Å². The topological polar surface area (TPSA) is 0 Å². The van der Waals surface area contributed by atoms with E-state index in [0.717, 1.165) is 0 Å². The third-order valence-electron chi connectivity index (χ3n) is 12.9. The Balaban J connectivity index is 1.31. The van der Waals surface area contributed by atoms with Gasteiger partial charge in [-0.3, -0.25) is 0 Å². The van der Waals surface area contributed by atoms with Crippen LogP contribution in [0.3, 0.4) is 0 Å². The molecule has 1 atom stereocenters. The maximum absolute atomic E-state index is 2.55. The number of rotatable bonds is 3. The van der Waals surface area contributed by atoms with E-state index in [-0.39, 0.29) is 5.41 Å². The molecular weight excluding hydrogens is 625 g/mol. The lowest BCUT2D eigenvalue weighted by Gasteiger charge is -2.46. The maximum atomic E-state index is 2.55. The SMILES string of the molecule is CC1(C)C2=C(C3=C1C(c1ccccc1)(c1ccccc1)c1ccccc13)c1ccccc1C2(C)c1c2ccccc2cc2c1ccc1ccccc12. The predicted molar refractivity (Wildman–Crippen MR) is 219 cm³/mol. The molecule has 246 valence electrons. The van der Waals surface area contributed by atoms with Gasteiger partial charge < -0.3 is 0 Å². The van der Waals surface area contributed by atoms with Crippen molar-refractivity contribution in [3.05, 3.63) is 226 Å². The van der Waals surface area contributed by atoms with Crippen molar-refractivity contribution in [3.63, 3.8) is 0 Å². The van der Waals surface area contributed by atoms with E-state index in [1.54, 1.807) is 0 Å². The van der Waals surface area contributed by atoms with Gasteiger partial charge in [0.05, 0.1) is 5.41 Å². The first-order valence-corrected chi connectivity index (χ1v) is 18.6. The Kier molecular flexibility index (Phi) is 5.89. The first-order valence-electron chi connectivity index (χ1n) is 18.6. The summed E-state index contributed by atoms with van der Waals surface area (Å²) in [5, 5.41) is 7.87. The molecule has 52 heavy (non-hydrogen) atoms. The Morgan fingerprint density at radius 3 is 1.58 bits per heavy atom. The molecule has 0 heterocycles. The zero-order valence-electron chi connectivity index (χ0n) is 29.7. The lowest BCUT2D eigenvalue weighted by molar-refractivity contribution is 0.435. The van der Waals surface area contributed by atoms with Gasteiger partial charge in [0.25, 0.3) is 0 Å². The van der Waals surface area contributed by atoms with E-state index in [2.05, 4.69) is 197 Å². The smallest absolute Gasteiger partial charge is 0.0622 e. The second-order valence-corrected chi connectivity index (χ2v) is 15.7. The fourth-order valence-electron chi connectivity index (χ4n) is 11.3. The first-order chi connectivity index (χ1) is 25.5. The van der Waals surface area contributed by atoms with E-state index in [1.807, 2.05) is 0 Å². The molecule has 0 aliphatic heterocycles. The number of benzene rings is 8. The largest absolute Gasteiger partial charge is 0.0685 e. The second kappa shape index (κ2) is 10.3. The first kappa shape index (κ1) is 29.7. The van der Waals surface area contributed by atoms with Gasteiger partial charge in [-0.05, 0) is 107 Å². The lowest BCUT2D eigenvalue weighted by Crippen LogP contribution is -2.40. The summed E-state index contributed by atoms with van der Waals surface area (Å²) in [6.45, 7) is 7.61. The monoisotopic (exact) mass is 662 g/mol. The quantitative estimate of drug-likeness (QED) is 0.130. The van der Waals surface area contributed by atoms with Crippen molar-refractivity contribution in [3.8, 4) is 0 Å². The Bertz CT molecular complexity index is 2830. The van der Waals surface area contributed by atoms with Crippen LogP contribution in [-0.4, -0.2) is 0 Å². The molecule has 0 heteroatoms. The number of fused-ring (bicyclic) bond motifs is 9. The molecule has 0 fully saturated rings. The van der Waals surface area contributed by atoms with Crippen molar-refractivity contribution >= 4 is 43.5 Å². The van der Waals surface area contributed by atoms with Crippen molar-refractivity contribution in [2.24, 2.45) is 5.41 Å². The van der Waals surface area contributed by atoms with Crippen LogP contribution in [0.25, 0.3) is 43.5 Å².